The van der Waals surface area contributed by atoms with E-state index in [9.17, 15) is 15.2 Å². The van der Waals surface area contributed by atoms with Crippen LogP contribution in [-0.2, 0) is 11.3 Å². The standard InChI is InChI=1S/C19H25NO5/c1-12-6-7-15-14(9-12)18-16(21)10-13(5-4-8-24-20(22)23)11-17(18)25-19(15,2)3/h9-11,14-15,21H,4-8H2,1-3H3/t14-,15-/m1/s1. The Bertz CT molecular complexity index is 710. The van der Waals surface area contributed by atoms with E-state index in [4.69, 9.17) is 4.74 Å². The van der Waals surface area contributed by atoms with Crippen molar-refractivity contribution in [3.8, 4) is 11.5 Å². The predicted molar refractivity (Wildman–Crippen MR) is 93.3 cm³/mol. The number of nitrogens with zero attached hydrogens (tertiary/aromatic N) is 1. The van der Waals surface area contributed by atoms with E-state index in [2.05, 4.69) is 31.7 Å². The zero-order valence-electron chi connectivity index (χ0n) is 14.9. The fourth-order valence-electron chi connectivity index (χ4n) is 4.14. The van der Waals surface area contributed by atoms with E-state index in [0.29, 0.717) is 18.8 Å². The second kappa shape index (κ2) is 6.58. The second-order valence-electron chi connectivity index (χ2n) is 7.58. The van der Waals surface area contributed by atoms with Crippen molar-refractivity contribution in [3.05, 3.63) is 45.0 Å². The molecule has 1 aliphatic heterocycles. The minimum Gasteiger partial charge on any atom is -0.507 e. The summed E-state index contributed by atoms with van der Waals surface area (Å²) in [6, 6.07) is 3.71. The molecular formula is C19H25NO5. The van der Waals surface area contributed by atoms with Gasteiger partial charge in [0, 0.05) is 17.4 Å². The Morgan fingerprint density at radius 3 is 2.92 bits per heavy atom. The molecule has 2 atom stereocenters. The van der Waals surface area contributed by atoms with E-state index in [0.717, 1.165) is 29.7 Å². The minimum absolute atomic E-state index is 0.0455. The topological polar surface area (TPSA) is 81.8 Å². The Hall–Kier alpha value is -2.24. The van der Waals surface area contributed by atoms with E-state index >= 15 is 0 Å². The number of aryl methyl sites for hydroxylation is 1. The molecule has 1 aliphatic carbocycles. The van der Waals surface area contributed by atoms with Crippen LogP contribution in [0.3, 0.4) is 0 Å². The van der Waals surface area contributed by atoms with Gasteiger partial charge in [-0.2, -0.15) is 0 Å². The second-order valence-corrected chi connectivity index (χ2v) is 7.58. The van der Waals surface area contributed by atoms with Gasteiger partial charge in [0.2, 0.25) is 0 Å². The van der Waals surface area contributed by atoms with Crippen LogP contribution in [0.2, 0.25) is 0 Å². The maximum absolute atomic E-state index is 10.6. The van der Waals surface area contributed by atoms with Gasteiger partial charge >= 0.3 is 0 Å². The monoisotopic (exact) mass is 347 g/mol. The van der Waals surface area contributed by atoms with Crippen LogP contribution in [0.25, 0.3) is 0 Å². The van der Waals surface area contributed by atoms with Crippen molar-refractivity contribution in [2.45, 2.75) is 58.0 Å². The van der Waals surface area contributed by atoms with Gasteiger partial charge in [0.15, 0.2) is 0 Å². The van der Waals surface area contributed by atoms with E-state index in [1.807, 2.05) is 6.07 Å². The lowest BCUT2D eigenvalue weighted by molar-refractivity contribution is -0.757. The smallest absolute Gasteiger partial charge is 0.294 e. The highest BCUT2D eigenvalue weighted by molar-refractivity contribution is 5.53. The number of rotatable bonds is 5. The maximum atomic E-state index is 10.6. The molecule has 0 spiro atoms. The first kappa shape index (κ1) is 17.6. The zero-order chi connectivity index (χ0) is 18.2. The highest BCUT2D eigenvalue weighted by Gasteiger charge is 2.45. The Morgan fingerprint density at radius 1 is 1.44 bits per heavy atom. The van der Waals surface area contributed by atoms with Crippen LogP contribution < -0.4 is 4.74 Å². The van der Waals surface area contributed by atoms with Crippen LogP contribution in [0.5, 0.6) is 11.5 Å². The third-order valence-corrected chi connectivity index (χ3v) is 5.33. The van der Waals surface area contributed by atoms with E-state index in [1.165, 1.54) is 5.57 Å². The first-order chi connectivity index (χ1) is 11.8. The van der Waals surface area contributed by atoms with Crippen molar-refractivity contribution < 1.29 is 19.8 Å². The predicted octanol–water partition coefficient (Wildman–Crippen LogP) is 4.14. The van der Waals surface area contributed by atoms with Crippen LogP contribution in [0.15, 0.2) is 23.8 Å². The molecule has 0 radical (unpaired) electrons. The molecule has 136 valence electrons. The van der Waals surface area contributed by atoms with Gasteiger partial charge in [-0.3, -0.25) is 0 Å². The lowest BCUT2D eigenvalue weighted by atomic mass is 9.68. The van der Waals surface area contributed by atoms with Crippen molar-refractivity contribution in [2.24, 2.45) is 5.92 Å². The van der Waals surface area contributed by atoms with Gasteiger partial charge in [-0.25, -0.2) is 0 Å². The lowest BCUT2D eigenvalue weighted by Crippen LogP contribution is -2.45. The number of phenols is 1. The summed E-state index contributed by atoms with van der Waals surface area (Å²) < 4.78 is 6.26. The van der Waals surface area contributed by atoms with Crippen LogP contribution in [0.4, 0.5) is 0 Å². The molecule has 2 aliphatic rings. The number of hydrogen-bond donors (Lipinski definition) is 1. The van der Waals surface area contributed by atoms with Gasteiger partial charge in [-0.15, -0.1) is 10.1 Å². The summed E-state index contributed by atoms with van der Waals surface area (Å²) in [5.74, 6) is 1.48. The molecule has 0 saturated heterocycles. The van der Waals surface area contributed by atoms with Crippen molar-refractivity contribution in [1.29, 1.82) is 0 Å². The van der Waals surface area contributed by atoms with Gasteiger partial charge in [-0.05, 0) is 64.2 Å². The van der Waals surface area contributed by atoms with E-state index < -0.39 is 5.09 Å². The molecule has 6 nitrogen and oxygen atoms in total. The van der Waals surface area contributed by atoms with Crippen LogP contribution >= 0.6 is 0 Å². The number of allylic oxidation sites excluding steroid dienone is 2. The summed E-state index contributed by atoms with van der Waals surface area (Å²) in [6.07, 6.45) is 5.48. The molecule has 0 amide bonds. The SMILES string of the molecule is CC1=C[C@H]2c3c(O)cc(CCCO[N+](=O)[O-])cc3OC(C)(C)[C@@H]2CC1. The molecule has 0 aromatic heterocycles. The number of fused-ring (bicyclic) bond motifs is 3. The summed E-state index contributed by atoms with van der Waals surface area (Å²) in [6.45, 7) is 6.40. The molecule has 0 bridgehead atoms. The Kier molecular flexibility index (Phi) is 4.62. The molecule has 0 saturated carbocycles. The third kappa shape index (κ3) is 3.57. The van der Waals surface area contributed by atoms with Crippen LogP contribution in [0, 0.1) is 16.0 Å². The van der Waals surface area contributed by atoms with Crippen molar-refractivity contribution in [3.63, 3.8) is 0 Å². The lowest BCUT2D eigenvalue weighted by Gasteiger charge is -2.46. The van der Waals surface area contributed by atoms with Gasteiger partial charge in [0.05, 0.1) is 6.61 Å². The average Bonchev–Trinajstić information content (AvgIpc) is 2.50. The summed E-state index contributed by atoms with van der Waals surface area (Å²) in [5, 5.41) is 20.1. The fraction of sp³-hybridized carbons (Fsp3) is 0.579. The van der Waals surface area contributed by atoms with E-state index in [-0.39, 0.29) is 23.9 Å². The first-order valence-electron chi connectivity index (χ1n) is 8.77. The molecular weight excluding hydrogens is 322 g/mol. The quantitative estimate of drug-likeness (QED) is 0.374. The number of aromatic hydroxyl groups is 1. The number of hydrogen-bond acceptors (Lipinski definition) is 5. The highest BCUT2D eigenvalue weighted by atomic mass is 16.9. The van der Waals surface area contributed by atoms with Gasteiger partial charge < -0.3 is 14.7 Å². The molecule has 1 N–H and O–H groups in total. The molecule has 0 fully saturated rings. The van der Waals surface area contributed by atoms with Gasteiger partial charge in [-0.1, -0.05) is 11.6 Å². The Morgan fingerprint density at radius 2 is 2.20 bits per heavy atom. The molecule has 3 rings (SSSR count). The van der Waals surface area contributed by atoms with Crippen LogP contribution in [0.1, 0.15) is 57.1 Å². The third-order valence-electron chi connectivity index (χ3n) is 5.33. The van der Waals surface area contributed by atoms with Gasteiger partial charge in [0.25, 0.3) is 5.09 Å². The van der Waals surface area contributed by atoms with Crippen molar-refractivity contribution >= 4 is 0 Å². The van der Waals surface area contributed by atoms with Crippen LogP contribution in [-0.4, -0.2) is 22.4 Å². The summed E-state index contributed by atoms with van der Waals surface area (Å²) in [4.78, 5) is 14.5. The van der Waals surface area contributed by atoms with Crippen molar-refractivity contribution in [1.82, 2.24) is 0 Å². The largest absolute Gasteiger partial charge is 0.507 e. The number of benzene rings is 1. The normalized spacial score (nSPS) is 23.7. The van der Waals surface area contributed by atoms with E-state index in [1.54, 1.807) is 6.07 Å². The maximum Gasteiger partial charge on any atom is 0.294 e. The average molecular weight is 347 g/mol. The highest BCUT2D eigenvalue weighted by Crippen LogP contribution is 2.53. The molecule has 0 unspecified atom stereocenters. The Balaban J connectivity index is 1.87. The molecule has 1 aromatic carbocycles. The van der Waals surface area contributed by atoms with Gasteiger partial charge in [0.1, 0.15) is 17.1 Å². The fourth-order valence-corrected chi connectivity index (χ4v) is 4.14. The summed E-state index contributed by atoms with van der Waals surface area (Å²) in [5.41, 5.74) is 2.82. The Labute approximate surface area is 147 Å². The molecule has 1 aromatic rings. The zero-order valence-corrected chi connectivity index (χ0v) is 14.9. The minimum atomic E-state index is -0.784. The van der Waals surface area contributed by atoms with Crippen molar-refractivity contribution in [2.75, 3.05) is 6.61 Å². The molecule has 6 heteroatoms. The summed E-state index contributed by atoms with van der Waals surface area (Å²) >= 11 is 0. The number of phenolic OH excluding ortho intramolecular Hbond substituents is 1. The number of ether oxygens (including phenoxy) is 1. The molecule has 1 heterocycles. The molecule has 25 heavy (non-hydrogen) atoms. The summed E-state index contributed by atoms with van der Waals surface area (Å²) in [7, 11) is 0. The first-order valence-corrected chi connectivity index (χ1v) is 8.77.